The fourth-order valence-corrected chi connectivity index (χ4v) is 5.47. The van der Waals surface area contributed by atoms with Crippen LogP contribution in [0.5, 0.6) is 0 Å². The molecule has 2 bridgehead atoms. The van der Waals surface area contributed by atoms with E-state index in [4.69, 9.17) is 0 Å². The molecule has 32 heavy (non-hydrogen) atoms. The molecule has 2 atom stereocenters. The Balaban J connectivity index is 1.72. The van der Waals surface area contributed by atoms with Gasteiger partial charge in [-0.1, -0.05) is 24.3 Å². The third-order valence-electron chi connectivity index (χ3n) is 7.32. The topological polar surface area (TPSA) is 15.3 Å². The third-order valence-corrected chi connectivity index (χ3v) is 7.32. The van der Waals surface area contributed by atoms with Crippen LogP contribution in [0.25, 0.3) is 0 Å². The Kier molecular flexibility index (Phi) is 5.82. The van der Waals surface area contributed by atoms with E-state index in [0.29, 0.717) is 0 Å². The van der Waals surface area contributed by atoms with Crippen molar-refractivity contribution in [1.29, 1.82) is 0 Å². The molecule has 3 fully saturated rings. The molecule has 8 heteroatoms. The Labute approximate surface area is 183 Å². The second-order valence-corrected chi connectivity index (χ2v) is 9.21. The molecule has 2 aromatic carbocycles. The molecule has 5 rings (SSSR count). The smallest absolute Gasteiger partial charge is 0.313 e. The van der Waals surface area contributed by atoms with Crippen LogP contribution in [-0.2, 0) is 12.4 Å². The summed E-state index contributed by atoms with van der Waals surface area (Å²) in [6.45, 7) is 0.747. The molecule has 2 aromatic rings. The molecule has 0 aromatic heterocycles. The van der Waals surface area contributed by atoms with E-state index < -0.39 is 23.5 Å². The molecule has 0 radical (unpaired) electrons. The number of nitrogens with zero attached hydrogens (tertiary/aromatic N) is 1. The Hall–Kier alpha value is -2.06. The van der Waals surface area contributed by atoms with Crippen LogP contribution in [0.4, 0.5) is 26.3 Å². The molecule has 2 unspecified atom stereocenters. The fourth-order valence-electron chi connectivity index (χ4n) is 5.47. The Morgan fingerprint density at radius 2 is 1.16 bits per heavy atom. The highest BCUT2D eigenvalue weighted by atomic mass is 19.4. The van der Waals surface area contributed by atoms with Gasteiger partial charge in [-0.15, -0.1) is 0 Å². The van der Waals surface area contributed by atoms with Crippen molar-refractivity contribution in [3.63, 3.8) is 0 Å². The number of rotatable bonds is 3. The molecular formula is C24H26F6N2. The molecule has 2 nitrogen and oxygen atoms in total. The molecule has 1 saturated carbocycles. The lowest BCUT2D eigenvalue weighted by atomic mass is 9.63. The lowest BCUT2D eigenvalue weighted by molar-refractivity contribution is -0.138. The first-order valence-corrected chi connectivity index (χ1v) is 10.7. The van der Waals surface area contributed by atoms with Crippen LogP contribution in [0.1, 0.15) is 53.4 Å². The number of hydrogen-bond acceptors (Lipinski definition) is 2. The van der Waals surface area contributed by atoms with Crippen LogP contribution < -0.4 is 5.32 Å². The first-order chi connectivity index (χ1) is 14.9. The average molecular weight is 456 g/mol. The molecule has 2 aliphatic heterocycles. The van der Waals surface area contributed by atoms with Crippen LogP contribution in [-0.4, -0.2) is 37.1 Å². The van der Waals surface area contributed by atoms with Crippen molar-refractivity contribution in [2.24, 2.45) is 0 Å². The summed E-state index contributed by atoms with van der Waals surface area (Å²) in [5.41, 5.74) is 0.0745. The van der Waals surface area contributed by atoms with Gasteiger partial charge in [-0.3, -0.25) is 0 Å². The van der Waals surface area contributed by atoms with Gasteiger partial charge in [-0.2, -0.15) is 26.3 Å². The maximum absolute atomic E-state index is 13.0. The van der Waals surface area contributed by atoms with Crippen molar-refractivity contribution in [3.05, 3.63) is 70.8 Å². The van der Waals surface area contributed by atoms with Crippen molar-refractivity contribution in [1.82, 2.24) is 10.2 Å². The molecular weight excluding hydrogens is 430 g/mol. The van der Waals surface area contributed by atoms with Crippen LogP contribution in [0.15, 0.2) is 48.5 Å². The quantitative estimate of drug-likeness (QED) is 0.566. The number of benzene rings is 2. The van der Waals surface area contributed by atoms with E-state index >= 15 is 0 Å². The summed E-state index contributed by atoms with van der Waals surface area (Å²) in [6, 6.07) is 10.6. The molecule has 1 aliphatic carbocycles. The van der Waals surface area contributed by atoms with Crippen molar-refractivity contribution in [2.75, 3.05) is 20.6 Å². The molecule has 1 N–H and O–H groups in total. The third kappa shape index (κ3) is 4.27. The molecule has 2 heterocycles. The minimum atomic E-state index is -4.40. The standard InChI is InChI=1S/C24H26F6N2/c1-32(2)22-11-12-31-21(19(13-22)15-3-7-17(8-4-15)23(25,26)27)20(14-22)16-5-9-18(10-6-16)24(28,29)30/h3-10,19-21,31H,11-14H2,1-2H3. The van der Waals surface area contributed by atoms with E-state index in [1.807, 2.05) is 14.1 Å². The lowest BCUT2D eigenvalue weighted by Gasteiger charge is -2.49. The van der Waals surface area contributed by atoms with Gasteiger partial charge in [0.05, 0.1) is 11.1 Å². The number of alkyl halides is 6. The number of fused-ring (bicyclic) bond motifs is 4. The molecule has 174 valence electrons. The predicted octanol–water partition coefficient (Wildman–Crippen LogP) is 6.05. The van der Waals surface area contributed by atoms with Crippen LogP contribution in [0.2, 0.25) is 0 Å². The normalized spacial score (nSPS) is 28.7. The summed E-state index contributed by atoms with van der Waals surface area (Å²) >= 11 is 0. The largest absolute Gasteiger partial charge is 0.416 e. The van der Waals surface area contributed by atoms with Gasteiger partial charge < -0.3 is 10.2 Å². The minimum Gasteiger partial charge on any atom is -0.313 e. The Bertz CT molecular complexity index is 863. The summed E-state index contributed by atoms with van der Waals surface area (Å²) < 4.78 is 78.3. The SMILES string of the molecule is CN(C)C12CCNC(C(c3ccc(C(F)(F)F)cc3)C1)C(c1ccc(C(F)(F)F)cc1)C2. The van der Waals surface area contributed by atoms with E-state index in [-0.39, 0.29) is 23.4 Å². The second-order valence-electron chi connectivity index (χ2n) is 9.21. The van der Waals surface area contributed by atoms with E-state index in [0.717, 1.165) is 61.2 Å². The number of halogens is 6. The van der Waals surface area contributed by atoms with Gasteiger partial charge in [-0.05, 0) is 75.3 Å². The zero-order valence-electron chi connectivity index (χ0n) is 17.9. The van der Waals surface area contributed by atoms with Crippen LogP contribution in [0.3, 0.4) is 0 Å². The number of hydrogen-bond donors (Lipinski definition) is 1. The van der Waals surface area contributed by atoms with Gasteiger partial charge in [-0.25, -0.2) is 0 Å². The van der Waals surface area contributed by atoms with Gasteiger partial charge in [0.25, 0.3) is 0 Å². The second kappa shape index (κ2) is 8.06. The zero-order chi connectivity index (χ0) is 23.3. The summed E-state index contributed by atoms with van der Waals surface area (Å²) in [5, 5.41) is 3.57. The maximum Gasteiger partial charge on any atom is 0.416 e. The summed E-state index contributed by atoms with van der Waals surface area (Å²) in [4.78, 5) is 2.17. The lowest BCUT2D eigenvalue weighted by Crippen LogP contribution is -2.52. The molecule has 0 amide bonds. The number of nitrogens with one attached hydrogen (secondary N) is 1. The van der Waals surface area contributed by atoms with Crippen LogP contribution in [0, 0.1) is 0 Å². The van der Waals surface area contributed by atoms with Gasteiger partial charge in [0.1, 0.15) is 0 Å². The maximum atomic E-state index is 13.0. The fraction of sp³-hybridized carbons (Fsp3) is 0.500. The van der Waals surface area contributed by atoms with Gasteiger partial charge in [0, 0.05) is 23.4 Å². The van der Waals surface area contributed by atoms with Crippen LogP contribution >= 0.6 is 0 Å². The van der Waals surface area contributed by atoms with E-state index in [9.17, 15) is 26.3 Å². The van der Waals surface area contributed by atoms with E-state index in [2.05, 4.69) is 10.2 Å². The highest BCUT2D eigenvalue weighted by Crippen LogP contribution is 2.51. The van der Waals surface area contributed by atoms with E-state index in [1.54, 1.807) is 24.3 Å². The summed E-state index contributed by atoms with van der Waals surface area (Å²) in [7, 11) is 4.00. The van der Waals surface area contributed by atoms with Crippen molar-refractivity contribution in [3.8, 4) is 0 Å². The molecule has 2 saturated heterocycles. The Morgan fingerprint density at radius 1 is 0.750 bits per heavy atom. The first kappa shape index (κ1) is 23.1. The predicted molar refractivity (Wildman–Crippen MR) is 110 cm³/mol. The average Bonchev–Trinajstić information content (AvgIpc) is 3.04. The molecule has 3 aliphatic rings. The highest BCUT2D eigenvalue weighted by Gasteiger charge is 2.50. The zero-order valence-corrected chi connectivity index (χ0v) is 17.9. The first-order valence-electron chi connectivity index (χ1n) is 10.7. The van der Waals surface area contributed by atoms with Crippen molar-refractivity contribution in [2.45, 2.75) is 55.0 Å². The monoisotopic (exact) mass is 456 g/mol. The van der Waals surface area contributed by atoms with Gasteiger partial charge in [0.15, 0.2) is 0 Å². The van der Waals surface area contributed by atoms with Crippen molar-refractivity contribution >= 4 is 0 Å². The molecule has 0 spiro atoms. The van der Waals surface area contributed by atoms with Gasteiger partial charge in [0.2, 0.25) is 0 Å². The summed E-state index contributed by atoms with van der Waals surface area (Å²) in [6.07, 6.45) is -6.37. The van der Waals surface area contributed by atoms with Crippen molar-refractivity contribution < 1.29 is 26.3 Å². The van der Waals surface area contributed by atoms with E-state index in [1.165, 1.54) is 0 Å². The minimum absolute atomic E-state index is 0.0526. The van der Waals surface area contributed by atoms with Gasteiger partial charge >= 0.3 is 12.4 Å². The highest BCUT2D eigenvalue weighted by molar-refractivity contribution is 5.35. The Morgan fingerprint density at radius 3 is 1.50 bits per heavy atom. The summed E-state index contributed by atoms with van der Waals surface area (Å²) in [5.74, 6) is -0.105.